The van der Waals surface area contributed by atoms with Gasteiger partial charge in [-0.1, -0.05) is 24.3 Å². The maximum absolute atomic E-state index is 13.0. The normalized spacial score (nSPS) is 12.3. The second-order valence-corrected chi connectivity index (χ2v) is 9.60. The number of esters is 1. The van der Waals surface area contributed by atoms with E-state index in [-0.39, 0.29) is 16.5 Å². The number of rotatable bonds is 8. The molecule has 1 unspecified atom stereocenters. The lowest BCUT2D eigenvalue weighted by Gasteiger charge is -2.20. The fourth-order valence-corrected chi connectivity index (χ4v) is 4.29. The summed E-state index contributed by atoms with van der Waals surface area (Å²) in [5.74, 6) is -0.859. The molecule has 3 aromatic rings. The van der Waals surface area contributed by atoms with Crippen LogP contribution >= 0.6 is 0 Å². The molecule has 9 nitrogen and oxygen atoms in total. The summed E-state index contributed by atoms with van der Waals surface area (Å²) < 4.78 is 34.0. The van der Waals surface area contributed by atoms with E-state index >= 15 is 0 Å². The van der Waals surface area contributed by atoms with Gasteiger partial charge >= 0.3 is 5.97 Å². The summed E-state index contributed by atoms with van der Waals surface area (Å²) in [5, 5.41) is 6.82. The minimum atomic E-state index is -3.90. The van der Waals surface area contributed by atoms with Gasteiger partial charge in [0.05, 0.1) is 22.3 Å². The third-order valence-corrected chi connectivity index (χ3v) is 6.69. The van der Waals surface area contributed by atoms with E-state index in [0.717, 1.165) is 4.31 Å². The number of nitrogens with zero attached hydrogens (tertiary/aromatic N) is 3. The third-order valence-electron chi connectivity index (χ3n) is 4.91. The third kappa shape index (κ3) is 5.40. The van der Waals surface area contributed by atoms with Crippen LogP contribution in [0.1, 0.15) is 37.2 Å². The fourth-order valence-electron chi connectivity index (χ4n) is 3.05. The minimum Gasteiger partial charge on any atom is -0.449 e. The predicted octanol–water partition coefficient (Wildman–Crippen LogP) is 3.47. The molecule has 3 rings (SSSR count). The van der Waals surface area contributed by atoms with Crippen molar-refractivity contribution in [2.24, 2.45) is 0 Å². The van der Waals surface area contributed by atoms with E-state index < -0.39 is 28.0 Å². The number of carbonyl (C=O) groups excluding carboxylic acids is 2. The molecule has 1 heterocycles. The van der Waals surface area contributed by atoms with E-state index in [4.69, 9.17) is 4.74 Å². The van der Waals surface area contributed by atoms with E-state index in [2.05, 4.69) is 10.4 Å². The first kappa shape index (κ1) is 24.0. The van der Waals surface area contributed by atoms with Gasteiger partial charge < -0.3 is 10.1 Å². The van der Waals surface area contributed by atoms with Crippen LogP contribution in [0.5, 0.6) is 0 Å². The largest absolute Gasteiger partial charge is 0.449 e. The van der Waals surface area contributed by atoms with Gasteiger partial charge in [0.25, 0.3) is 15.9 Å². The molecule has 33 heavy (non-hydrogen) atoms. The van der Waals surface area contributed by atoms with Crippen LogP contribution in [0.15, 0.2) is 71.8 Å². The second-order valence-electron chi connectivity index (χ2n) is 7.63. The molecule has 0 aliphatic rings. The molecule has 0 spiro atoms. The first-order valence-electron chi connectivity index (χ1n) is 10.3. The summed E-state index contributed by atoms with van der Waals surface area (Å²) in [5.41, 5.74) is 0.501. The number of sulfonamides is 1. The lowest BCUT2D eigenvalue weighted by atomic mass is 10.2. The number of anilines is 2. The maximum Gasteiger partial charge on any atom is 0.338 e. The van der Waals surface area contributed by atoms with Crippen molar-refractivity contribution in [2.75, 3.05) is 16.7 Å². The van der Waals surface area contributed by atoms with Gasteiger partial charge in [-0.2, -0.15) is 5.10 Å². The number of benzene rings is 2. The number of amides is 1. The molecule has 1 amide bonds. The number of aromatic nitrogens is 2. The number of para-hydroxylation sites is 1. The van der Waals surface area contributed by atoms with E-state index in [9.17, 15) is 18.0 Å². The maximum atomic E-state index is 13.0. The van der Waals surface area contributed by atoms with Gasteiger partial charge in [0, 0.05) is 19.2 Å². The highest BCUT2D eigenvalue weighted by atomic mass is 32.2. The number of ether oxygens (including phenoxy) is 1. The van der Waals surface area contributed by atoms with Crippen LogP contribution in [0.4, 0.5) is 11.5 Å². The average Bonchev–Trinajstić information content (AvgIpc) is 3.27. The highest BCUT2D eigenvalue weighted by Crippen LogP contribution is 2.23. The molecular formula is C23H26N4O5S. The van der Waals surface area contributed by atoms with Crippen molar-refractivity contribution >= 4 is 33.4 Å². The molecule has 0 aliphatic heterocycles. The Morgan fingerprint density at radius 2 is 1.73 bits per heavy atom. The zero-order valence-corrected chi connectivity index (χ0v) is 19.6. The quantitative estimate of drug-likeness (QED) is 0.505. The van der Waals surface area contributed by atoms with E-state index in [0.29, 0.717) is 11.5 Å². The molecular weight excluding hydrogens is 444 g/mol. The summed E-state index contributed by atoms with van der Waals surface area (Å²) in [4.78, 5) is 25.1. The van der Waals surface area contributed by atoms with Crippen LogP contribution in [-0.2, 0) is 19.6 Å². The minimum absolute atomic E-state index is 0.0180. The van der Waals surface area contributed by atoms with Gasteiger partial charge in [0.2, 0.25) is 0 Å². The number of carbonyl (C=O) groups is 2. The first-order valence-corrected chi connectivity index (χ1v) is 11.7. The lowest BCUT2D eigenvalue weighted by Crippen LogP contribution is -2.31. The Hall–Kier alpha value is -3.66. The van der Waals surface area contributed by atoms with Gasteiger partial charge in [-0.05, 0) is 51.1 Å². The highest BCUT2D eigenvalue weighted by Gasteiger charge is 2.24. The molecule has 1 atom stereocenters. The van der Waals surface area contributed by atoms with Crippen molar-refractivity contribution in [1.82, 2.24) is 9.78 Å². The van der Waals surface area contributed by atoms with E-state index in [1.165, 1.54) is 38.2 Å². The molecule has 0 fully saturated rings. The Morgan fingerprint density at radius 1 is 1.03 bits per heavy atom. The smallest absolute Gasteiger partial charge is 0.338 e. The Balaban J connectivity index is 1.72. The van der Waals surface area contributed by atoms with Crippen LogP contribution in [0.25, 0.3) is 0 Å². The molecule has 174 valence electrons. The Kier molecular flexibility index (Phi) is 7.17. The van der Waals surface area contributed by atoms with Crippen LogP contribution < -0.4 is 9.62 Å². The van der Waals surface area contributed by atoms with Gasteiger partial charge in [0.1, 0.15) is 5.82 Å². The summed E-state index contributed by atoms with van der Waals surface area (Å²) in [6.07, 6.45) is 0.449. The van der Waals surface area contributed by atoms with Crippen molar-refractivity contribution in [3.8, 4) is 0 Å². The summed E-state index contributed by atoms with van der Waals surface area (Å²) >= 11 is 0. The second kappa shape index (κ2) is 9.86. The van der Waals surface area contributed by atoms with Crippen LogP contribution in [0, 0.1) is 0 Å². The van der Waals surface area contributed by atoms with Gasteiger partial charge in [0.15, 0.2) is 6.10 Å². The highest BCUT2D eigenvalue weighted by molar-refractivity contribution is 7.92. The van der Waals surface area contributed by atoms with Gasteiger partial charge in [-0.3, -0.25) is 9.10 Å². The average molecular weight is 471 g/mol. The molecule has 10 heteroatoms. The Morgan fingerprint density at radius 3 is 2.39 bits per heavy atom. The molecule has 0 radical (unpaired) electrons. The molecule has 0 saturated heterocycles. The van der Waals surface area contributed by atoms with E-state index in [1.54, 1.807) is 47.3 Å². The molecule has 0 aliphatic carbocycles. The zero-order chi connectivity index (χ0) is 24.2. The van der Waals surface area contributed by atoms with Crippen molar-refractivity contribution in [3.63, 3.8) is 0 Å². The number of hydrogen-bond donors (Lipinski definition) is 1. The van der Waals surface area contributed by atoms with E-state index in [1.807, 2.05) is 13.8 Å². The van der Waals surface area contributed by atoms with Crippen molar-refractivity contribution in [2.45, 2.75) is 37.8 Å². The fraction of sp³-hybridized carbons (Fsp3) is 0.261. The van der Waals surface area contributed by atoms with Crippen LogP contribution in [0.2, 0.25) is 0 Å². The number of hydrogen-bond acceptors (Lipinski definition) is 6. The summed E-state index contributed by atoms with van der Waals surface area (Å²) in [7, 11) is -2.47. The predicted molar refractivity (Wildman–Crippen MR) is 125 cm³/mol. The SMILES string of the molecule is CC(OC(=O)c1cccc(S(=O)(=O)N(C)c2ccccc2)c1)C(=O)Nc1ccnn1C(C)C. The van der Waals surface area contributed by atoms with Gasteiger partial charge in [-0.15, -0.1) is 0 Å². The summed E-state index contributed by atoms with van der Waals surface area (Å²) in [6, 6.07) is 15.8. The standard InChI is InChI=1S/C23H26N4O5S/c1-16(2)27-21(13-14-24-27)25-22(28)17(3)32-23(29)18-9-8-12-20(15-18)33(30,31)26(4)19-10-6-5-7-11-19/h5-17H,1-4H3,(H,25,28). The first-order chi connectivity index (χ1) is 15.6. The monoisotopic (exact) mass is 470 g/mol. The Bertz CT molecular complexity index is 1240. The Labute approximate surface area is 193 Å². The molecule has 2 aromatic carbocycles. The number of nitrogens with one attached hydrogen (secondary N) is 1. The van der Waals surface area contributed by atoms with Gasteiger partial charge in [-0.25, -0.2) is 17.9 Å². The topological polar surface area (TPSA) is 111 Å². The zero-order valence-electron chi connectivity index (χ0n) is 18.8. The van der Waals surface area contributed by atoms with Crippen LogP contribution in [-0.4, -0.2) is 43.2 Å². The van der Waals surface area contributed by atoms with Crippen molar-refractivity contribution in [3.05, 3.63) is 72.4 Å². The molecule has 1 N–H and O–H groups in total. The lowest BCUT2D eigenvalue weighted by molar-refractivity contribution is -0.123. The molecule has 1 aromatic heterocycles. The van der Waals surface area contributed by atoms with Crippen LogP contribution in [0.3, 0.4) is 0 Å². The molecule has 0 saturated carbocycles. The molecule has 0 bridgehead atoms. The summed E-state index contributed by atoms with van der Waals surface area (Å²) in [6.45, 7) is 5.28. The van der Waals surface area contributed by atoms with Crippen molar-refractivity contribution in [1.29, 1.82) is 0 Å². The van der Waals surface area contributed by atoms with Crippen molar-refractivity contribution < 1.29 is 22.7 Å².